The maximum absolute atomic E-state index is 6.09. The number of hydrogen-bond acceptors (Lipinski definition) is 5. The summed E-state index contributed by atoms with van der Waals surface area (Å²) >= 11 is 6.09. The number of anilines is 1. The minimum absolute atomic E-state index is 0.318. The number of hydrogen-bond donors (Lipinski definition) is 1. The number of rotatable bonds is 2. The van der Waals surface area contributed by atoms with E-state index >= 15 is 0 Å². The molecule has 0 radical (unpaired) electrons. The van der Waals surface area contributed by atoms with Crippen molar-refractivity contribution < 1.29 is 4.52 Å². The van der Waals surface area contributed by atoms with Gasteiger partial charge >= 0.3 is 0 Å². The average molecular weight is 273 g/mol. The molecule has 3 aromatic rings. The van der Waals surface area contributed by atoms with Crippen molar-refractivity contribution in [3.63, 3.8) is 0 Å². The summed E-state index contributed by atoms with van der Waals surface area (Å²) < 4.78 is 5.20. The Morgan fingerprint density at radius 2 is 2.05 bits per heavy atom. The van der Waals surface area contributed by atoms with Crippen molar-refractivity contribution in [1.29, 1.82) is 0 Å². The highest BCUT2D eigenvalue weighted by Gasteiger charge is 2.14. The predicted octanol–water partition coefficient (Wildman–Crippen LogP) is 3.03. The topological polar surface area (TPSA) is 77.8 Å². The highest BCUT2D eigenvalue weighted by molar-refractivity contribution is 6.33. The Bertz CT molecular complexity index is 712. The van der Waals surface area contributed by atoms with Gasteiger partial charge in [-0.25, -0.2) is 0 Å². The van der Waals surface area contributed by atoms with Gasteiger partial charge in [0, 0.05) is 11.9 Å². The summed E-state index contributed by atoms with van der Waals surface area (Å²) in [5, 5.41) is 4.39. The second-order valence-electron chi connectivity index (χ2n) is 3.88. The summed E-state index contributed by atoms with van der Waals surface area (Å²) in [6.07, 6.45) is 1.67. The van der Waals surface area contributed by atoms with E-state index in [-0.39, 0.29) is 0 Å². The maximum Gasteiger partial charge on any atom is 0.259 e. The van der Waals surface area contributed by atoms with Gasteiger partial charge in [-0.15, -0.1) is 0 Å². The van der Waals surface area contributed by atoms with Crippen LogP contribution < -0.4 is 5.73 Å². The zero-order valence-corrected chi connectivity index (χ0v) is 10.5. The molecule has 19 heavy (non-hydrogen) atoms. The van der Waals surface area contributed by atoms with Crippen LogP contribution in [-0.2, 0) is 0 Å². The molecule has 0 unspecified atom stereocenters. The standard InChI is InChI=1S/C13H9ClN4O/c14-10-5-4-8(15)7-9(10)13-17-12(18-19-13)11-3-1-2-6-16-11/h1-7H,15H2. The second kappa shape index (κ2) is 4.70. The van der Waals surface area contributed by atoms with Crippen molar-refractivity contribution in [3.05, 3.63) is 47.6 Å². The Balaban J connectivity index is 2.04. The zero-order chi connectivity index (χ0) is 13.2. The summed E-state index contributed by atoms with van der Waals surface area (Å²) in [7, 11) is 0. The first-order chi connectivity index (χ1) is 9.24. The van der Waals surface area contributed by atoms with Crippen LogP contribution in [0.3, 0.4) is 0 Å². The zero-order valence-electron chi connectivity index (χ0n) is 9.75. The Kier molecular flexibility index (Phi) is 2.89. The van der Waals surface area contributed by atoms with E-state index in [1.165, 1.54) is 0 Å². The molecule has 5 nitrogen and oxygen atoms in total. The Morgan fingerprint density at radius 3 is 2.84 bits per heavy atom. The molecule has 1 aromatic carbocycles. The third-order valence-electron chi connectivity index (χ3n) is 2.54. The third-order valence-corrected chi connectivity index (χ3v) is 2.87. The fraction of sp³-hybridized carbons (Fsp3) is 0. The summed E-state index contributed by atoms with van der Waals surface area (Å²) in [6.45, 7) is 0. The van der Waals surface area contributed by atoms with Gasteiger partial charge in [0.1, 0.15) is 5.69 Å². The largest absolute Gasteiger partial charge is 0.399 e. The van der Waals surface area contributed by atoms with Gasteiger partial charge < -0.3 is 10.3 Å². The van der Waals surface area contributed by atoms with Gasteiger partial charge in [0.15, 0.2) is 0 Å². The minimum Gasteiger partial charge on any atom is -0.399 e. The molecule has 3 rings (SSSR count). The molecule has 0 atom stereocenters. The van der Waals surface area contributed by atoms with Crippen molar-refractivity contribution in [2.24, 2.45) is 0 Å². The number of nitrogen functional groups attached to an aromatic ring is 1. The van der Waals surface area contributed by atoms with E-state index in [9.17, 15) is 0 Å². The van der Waals surface area contributed by atoms with Crippen LogP contribution in [0.4, 0.5) is 5.69 Å². The van der Waals surface area contributed by atoms with Crippen LogP contribution in [0.25, 0.3) is 23.0 Å². The van der Waals surface area contributed by atoms with Crippen LogP contribution >= 0.6 is 11.6 Å². The van der Waals surface area contributed by atoms with Crippen molar-refractivity contribution in [2.45, 2.75) is 0 Å². The lowest BCUT2D eigenvalue weighted by atomic mass is 10.2. The highest BCUT2D eigenvalue weighted by Crippen LogP contribution is 2.29. The Labute approximate surface area is 114 Å². The Morgan fingerprint density at radius 1 is 1.16 bits per heavy atom. The van der Waals surface area contributed by atoms with E-state index in [0.717, 1.165) is 0 Å². The third kappa shape index (κ3) is 2.28. The van der Waals surface area contributed by atoms with E-state index < -0.39 is 0 Å². The quantitative estimate of drug-likeness (QED) is 0.726. The molecule has 0 bridgehead atoms. The highest BCUT2D eigenvalue weighted by atomic mass is 35.5. The molecular formula is C13H9ClN4O. The number of benzene rings is 1. The fourth-order valence-corrected chi connectivity index (χ4v) is 1.84. The molecule has 0 saturated heterocycles. The number of nitrogens with zero attached hydrogens (tertiary/aromatic N) is 3. The first-order valence-electron chi connectivity index (χ1n) is 5.54. The molecule has 0 saturated carbocycles. The minimum atomic E-state index is 0.318. The second-order valence-corrected chi connectivity index (χ2v) is 4.28. The molecule has 6 heteroatoms. The lowest BCUT2D eigenvalue weighted by Gasteiger charge is -1.99. The SMILES string of the molecule is Nc1ccc(Cl)c(-c2nc(-c3ccccn3)no2)c1. The van der Waals surface area contributed by atoms with Crippen molar-refractivity contribution in [1.82, 2.24) is 15.1 Å². The van der Waals surface area contributed by atoms with Crippen LogP contribution in [0.15, 0.2) is 47.1 Å². The number of nitrogens with two attached hydrogens (primary N) is 1. The van der Waals surface area contributed by atoms with Crippen LogP contribution in [-0.4, -0.2) is 15.1 Å². The molecule has 0 aliphatic rings. The van der Waals surface area contributed by atoms with Crippen molar-refractivity contribution in [2.75, 3.05) is 5.73 Å². The van der Waals surface area contributed by atoms with Gasteiger partial charge in [-0.2, -0.15) is 4.98 Å². The molecular weight excluding hydrogens is 264 g/mol. The first kappa shape index (κ1) is 11.7. The van der Waals surface area contributed by atoms with E-state index in [1.807, 2.05) is 12.1 Å². The number of aromatic nitrogens is 3. The van der Waals surface area contributed by atoms with E-state index in [0.29, 0.717) is 33.7 Å². The monoisotopic (exact) mass is 272 g/mol. The molecule has 2 N–H and O–H groups in total. The van der Waals surface area contributed by atoms with Crippen molar-refractivity contribution >= 4 is 17.3 Å². The Hall–Kier alpha value is -2.40. The number of pyridine rings is 1. The normalized spacial score (nSPS) is 10.6. The molecule has 2 aromatic heterocycles. The fourth-order valence-electron chi connectivity index (χ4n) is 1.64. The smallest absolute Gasteiger partial charge is 0.259 e. The van der Waals surface area contributed by atoms with Gasteiger partial charge in [-0.1, -0.05) is 22.8 Å². The van der Waals surface area contributed by atoms with Gasteiger partial charge in [0.2, 0.25) is 5.82 Å². The van der Waals surface area contributed by atoms with Crippen LogP contribution in [0, 0.1) is 0 Å². The predicted molar refractivity (Wildman–Crippen MR) is 72.4 cm³/mol. The van der Waals surface area contributed by atoms with E-state index in [1.54, 1.807) is 30.5 Å². The van der Waals surface area contributed by atoms with E-state index in [2.05, 4.69) is 15.1 Å². The molecule has 0 aliphatic heterocycles. The molecule has 0 aliphatic carbocycles. The molecule has 0 spiro atoms. The first-order valence-corrected chi connectivity index (χ1v) is 5.92. The molecule has 2 heterocycles. The van der Waals surface area contributed by atoms with Gasteiger partial charge in [0.25, 0.3) is 5.89 Å². The molecule has 94 valence electrons. The molecule has 0 amide bonds. The number of halogens is 1. The lowest BCUT2D eigenvalue weighted by Crippen LogP contribution is -1.87. The van der Waals surface area contributed by atoms with E-state index in [4.69, 9.17) is 21.9 Å². The summed E-state index contributed by atoms with van der Waals surface area (Å²) in [4.78, 5) is 8.43. The lowest BCUT2D eigenvalue weighted by molar-refractivity contribution is 0.432. The molecule has 0 fully saturated rings. The maximum atomic E-state index is 6.09. The summed E-state index contributed by atoms with van der Waals surface area (Å²) in [5.41, 5.74) is 7.55. The van der Waals surface area contributed by atoms with Crippen LogP contribution in [0.1, 0.15) is 0 Å². The van der Waals surface area contributed by atoms with Gasteiger partial charge in [0.05, 0.1) is 10.6 Å². The van der Waals surface area contributed by atoms with Gasteiger partial charge in [-0.3, -0.25) is 4.98 Å². The van der Waals surface area contributed by atoms with Gasteiger partial charge in [-0.05, 0) is 30.3 Å². The van der Waals surface area contributed by atoms with Crippen molar-refractivity contribution in [3.8, 4) is 23.0 Å². The average Bonchev–Trinajstić information content (AvgIpc) is 2.92. The summed E-state index contributed by atoms with van der Waals surface area (Å²) in [5.74, 6) is 0.729. The van der Waals surface area contributed by atoms with Crippen LogP contribution in [0.2, 0.25) is 5.02 Å². The van der Waals surface area contributed by atoms with Crippen LogP contribution in [0.5, 0.6) is 0 Å². The summed E-state index contributed by atoms with van der Waals surface area (Å²) in [6, 6.07) is 10.6.